The van der Waals surface area contributed by atoms with Crippen molar-refractivity contribution in [2.24, 2.45) is 0 Å². The van der Waals surface area contributed by atoms with Crippen LogP contribution in [0.4, 0.5) is 4.79 Å². The first kappa shape index (κ1) is 18.7. The number of benzene rings is 1. The number of hydrogen-bond acceptors (Lipinski definition) is 5. The molecule has 1 aliphatic rings. The van der Waals surface area contributed by atoms with Gasteiger partial charge < -0.3 is 25.2 Å². The molecular formula is C18H28N2O4. The smallest absolute Gasteiger partial charge is 0.407 e. The molecule has 1 aromatic carbocycles. The number of carbonyl (C=O) groups is 1. The Morgan fingerprint density at radius 1 is 1.29 bits per heavy atom. The maximum Gasteiger partial charge on any atom is 0.407 e. The van der Waals surface area contributed by atoms with E-state index in [9.17, 15) is 9.90 Å². The zero-order valence-corrected chi connectivity index (χ0v) is 14.5. The number of amides is 1. The van der Waals surface area contributed by atoms with Crippen LogP contribution in [-0.4, -0.2) is 49.1 Å². The highest BCUT2D eigenvalue weighted by molar-refractivity contribution is 5.67. The molecule has 1 fully saturated rings. The van der Waals surface area contributed by atoms with E-state index in [0.29, 0.717) is 25.6 Å². The molecule has 0 spiro atoms. The fraction of sp³-hybridized carbons (Fsp3) is 0.611. The van der Waals surface area contributed by atoms with Crippen LogP contribution in [0.2, 0.25) is 0 Å². The summed E-state index contributed by atoms with van der Waals surface area (Å²) in [5.74, 6) is 0. The van der Waals surface area contributed by atoms with E-state index >= 15 is 0 Å². The van der Waals surface area contributed by atoms with E-state index in [4.69, 9.17) is 9.47 Å². The van der Waals surface area contributed by atoms with Gasteiger partial charge in [0.1, 0.15) is 6.61 Å². The summed E-state index contributed by atoms with van der Waals surface area (Å²) in [6, 6.07) is 10.1. The van der Waals surface area contributed by atoms with Crippen LogP contribution in [0.1, 0.15) is 31.7 Å². The van der Waals surface area contributed by atoms with E-state index in [1.165, 1.54) is 0 Å². The number of ether oxygens (including phenoxy) is 2. The van der Waals surface area contributed by atoms with Crippen LogP contribution in [-0.2, 0) is 16.1 Å². The second kappa shape index (κ2) is 9.01. The topological polar surface area (TPSA) is 79.8 Å². The van der Waals surface area contributed by atoms with Gasteiger partial charge in [-0.15, -0.1) is 0 Å². The number of methoxy groups -OCH3 is 1. The first-order chi connectivity index (χ1) is 11.5. The van der Waals surface area contributed by atoms with Crippen molar-refractivity contribution in [3.63, 3.8) is 0 Å². The lowest BCUT2D eigenvalue weighted by atomic mass is 9.86. The third-order valence-corrected chi connectivity index (χ3v) is 4.29. The summed E-state index contributed by atoms with van der Waals surface area (Å²) >= 11 is 0. The van der Waals surface area contributed by atoms with E-state index in [0.717, 1.165) is 18.4 Å². The van der Waals surface area contributed by atoms with Gasteiger partial charge >= 0.3 is 6.09 Å². The van der Waals surface area contributed by atoms with Gasteiger partial charge in [-0.1, -0.05) is 30.3 Å². The van der Waals surface area contributed by atoms with Gasteiger partial charge in [0.05, 0.1) is 5.60 Å². The molecule has 3 N–H and O–H groups in total. The van der Waals surface area contributed by atoms with Crippen LogP contribution < -0.4 is 10.6 Å². The minimum atomic E-state index is -0.775. The Kier molecular flexibility index (Phi) is 7.02. The fourth-order valence-electron chi connectivity index (χ4n) is 2.61. The maximum atomic E-state index is 11.8. The molecule has 0 aromatic heterocycles. The van der Waals surface area contributed by atoms with E-state index in [1.807, 2.05) is 30.3 Å². The van der Waals surface area contributed by atoms with Crippen LogP contribution in [0, 0.1) is 0 Å². The van der Waals surface area contributed by atoms with Crippen molar-refractivity contribution in [3.8, 4) is 0 Å². The predicted molar refractivity (Wildman–Crippen MR) is 91.7 cm³/mol. The van der Waals surface area contributed by atoms with Crippen LogP contribution in [0.15, 0.2) is 30.3 Å². The van der Waals surface area contributed by atoms with Gasteiger partial charge in [0.2, 0.25) is 0 Å². The van der Waals surface area contributed by atoms with Gasteiger partial charge in [0, 0.05) is 38.8 Å². The molecule has 1 saturated carbocycles. The van der Waals surface area contributed by atoms with Crippen molar-refractivity contribution >= 4 is 6.09 Å². The van der Waals surface area contributed by atoms with E-state index in [1.54, 1.807) is 14.0 Å². The Morgan fingerprint density at radius 3 is 2.67 bits per heavy atom. The van der Waals surface area contributed by atoms with Crippen molar-refractivity contribution in [2.75, 3.05) is 20.3 Å². The van der Waals surface area contributed by atoms with E-state index in [2.05, 4.69) is 10.6 Å². The lowest BCUT2D eigenvalue weighted by Gasteiger charge is -2.38. The molecule has 6 nitrogen and oxygen atoms in total. The highest BCUT2D eigenvalue weighted by Gasteiger charge is 2.32. The van der Waals surface area contributed by atoms with E-state index < -0.39 is 5.60 Å². The molecule has 134 valence electrons. The first-order valence-corrected chi connectivity index (χ1v) is 8.40. The molecule has 24 heavy (non-hydrogen) atoms. The molecule has 0 radical (unpaired) electrons. The molecule has 0 aliphatic heterocycles. The summed E-state index contributed by atoms with van der Waals surface area (Å²) in [6.45, 7) is 3.14. The van der Waals surface area contributed by atoms with Crippen molar-refractivity contribution in [2.45, 2.75) is 50.5 Å². The molecule has 1 aromatic rings. The highest BCUT2D eigenvalue weighted by atomic mass is 16.5. The summed E-state index contributed by atoms with van der Waals surface area (Å²) in [5.41, 5.74) is 0.197. The molecular weight excluding hydrogens is 308 g/mol. The lowest BCUT2D eigenvalue weighted by molar-refractivity contribution is 0.0190. The average Bonchev–Trinajstić information content (AvgIpc) is 2.54. The van der Waals surface area contributed by atoms with Gasteiger partial charge in [0.15, 0.2) is 0 Å². The highest BCUT2D eigenvalue weighted by Crippen LogP contribution is 2.21. The van der Waals surface area contributed by atoms with Gasteiger partial charge in [0.25, 0.3) is 0 Å². The maximum absolute atomic E-state index is 11.8. The lowest BCUT2D eigenvalue weighted by Crippen LogP contribution is -2.55. The number of hydrogen-bond donors (Lipinski definition) is 3. The van der Waals surface area contributed by atoms with Gasteiger partial charge in [-0.25, -0.2) is 4.79 Å². The largest absolute Gasteiger partial charge is 0.445 e. The second-order valence-electron chi connectivity index (χ2n) is 6.69. The molecule has 1 atom stereocenters. The standard InChI is InChI=1S/C18H28N2O4/c1-18(22,8-9-23-2)13-19-15-10-16(11-15)20-17(21)24-12-14-6-4-3-5-7-14/h3-7,15-16,19,22H,8-13H2,1-2H3,(H,20,21). The monoisotopic (exact) mass is 336 g/mol. The SMILES string of the molecule is COCCC(C)(O)CNC1CC(NC(=O)OCc2ccccc2)C1. The predicted octanol–water partition coefficient (Wildman–Crippen LogP) is 1.82. The van der Waals surface area contributed by atoms with Crippen LogP contribution in [0.25, 0.3) is 0 Å². The number of carbonyl (C=O) groups excluding carboxylic acids is 1. The van der Waals surface area contributed by atoms with E-state index in [-0.39, 0.29) is 18.7 Å². The summed E-state index contributed by atoms with van der Waals surface area (Å²) in [7, 11) is 1.63. The summed E-state index contributed by atoms with van der Waals surface area (Å²) in [6.07, 6.45) is 1.91. The third kappa shape index (κ3) is 6.47. The Bertz CT molecular complexity index is 501. The molecule has 0 bridgehead atoms. The number of rotatable bonds is 9. The quantitative estimate of drug-likeness (QED) is 0.641. The zero-order valence-electron chi connectivity index (χ0n) is 14.5. The molecule has 2 rings (SSSR count). The van der Waals surface area contributed by atoms with Crippen LogP contribution in [0.5, 0.6) is 0 Å². The van der Waals surface area contributed by atoms with Crippen LogP contribution in [0.3, 0.4) is 0 Å². The summed E-state index contributed by atoms with van der Waals surface area (Å²) < 4.78 is 10.2. The number of alkyl carbamates (subject to hydrolysis) is 1. The molecule has 1 aliphatic carbocycles. The van der Waals surface area contributed by atoms with Crippen molar-refractivity contribution < 1.29 is 19.4 Å². The second-order valence-corrected chi connectivity index (χ2v) is 6.69. The molecule has 0 heterocycles. The fourth-order valence-corrected chi connectivity index (χ4v) is 2.61. The normalized spacial score (nSPS) is 22.3. The summed E-state index contributed by atoms with van der Waals surface area (Å²) in [5, 5.41) is 16.4. The minimum Gasteiger partial charge on any atom is -0.445 e. The summed E-state index contributed by atoms with van der Waals surface area (Å²) in [4.78, 5) is 11.8. The van der Waals surface area contributed by atoms with Crippen LogP contribution >= 0.6 is 0 Å². The number of aliphatic hydroxyl groups is 1. The Labute approximate surface area is 143 Å². The number of nitrogens with one attached hydrogen (secondary N) is 2. The Balaban J connectivity index is 1.56. The molecule has 6 heteroatoms. The Morgan fingerprint density at radius 2 is 2.00 bits per heavy atom. The zero-order chi connectivity index (χ0) is 17.4. The van der Waals surface area contributed by atoms with Gasteiger partial charge in [-0.05, 0) is 25.3 Å². The minimum absolute atomic E-state index is 0.134. The Hall–Kier alpha value is -1.63. The van der Waals surface area contributed by atoms with Crippen molar-refractivity contribution in [3.05, 3.63) is 35.9 Å². The first-order valence-electron chi connectivity index (χ1n) is 8.40. The van der Waals surface area contributed by atoms with Gasteiger partial charge in [-0.3, -0.25) is 0 Å². The van der Waals surface area contributed by atoms with Gasteiger partial charge in [-0.2, -0.15) is 0 Å². The van der Waals surface area contributed by atoms with Crippen molar-refractivity contribution in [1.29, 1.82) is 0 Å². The molecule has 1 amide bonds. The molecule has 0 saturated heterocycles. The van der Waals surface area contributed by atoms with Crippen molar-refractivity contribution in [1.82, 2.24) is 10.6 Å². The average molecular weight is 336 g/mol. The third-order valence-electron chi connectivity index (χ3n) is 4.29. The molecule has 1 unspecified atom stereocenters.